The summed E-state index contributed by atoms with van der Waals surface area (Å²) >= 11 is 0. The van der Waals surface area contributed by atoms with Gasteiger partial charge in [0.05, 0.1) is 19.0 Å². The second kappa shape index (κ2) is 10.0. The lowest BCUT2D eigenvalue weighted by atomic mass is 10.0. The number of rotatable bonds is 7. The first-order valence-corrected chi connectivity index (χ1v) is 10.6. The van der Waals surface area contributed by atoms with Gasteiger partial charge in [0.25, 0.3) is 5.91 Å². The lowest BCUT2D eigenvalue weighted by Gasteiger charge is -2.30. The molecule has 6 nitrogen and oxygen atoms in total. The summed E-state index contributed by atoms with van der Waals surface area (Å²) < 4.78 is 11.7. The SMILES string of the molecule is CN(C[C@H]1COc2ccccc2O1)C(=O)C[C@H](NC(=O)c1ccccc1)c1ccccc1. The van der Waals surface area contributed by atoms with Gasteiger partial charge in [-0.05, 0) is 29.8 Å². The van der Waals surface area contributed by atoms with Crippen molar-refractivity contribution in [2.24, 2.45) is 0 Å². The minimum Gasteiger partial charge on any atom is -0.486 e. The maximum atomic E-state index is 13.0. The molecule has 4 rings (SSSR count). The van der Waals surface area contributed by atoms with E-state index in [-0.39, 0.29) is 24.3 Å². The summed E-state index contributed by atoms with van der Waals surface area (Å²) in [6, 6.07) is 25.6. The van der Waals surface area contributed by atoms with Crippen molar-refractivity contribution < 1.29 is 19.1 Å². The zero-order valence-corrected chi connectivity index (χ0v) is 17.9. The van der Waals surface area contributed by atoms with Crippen molar-refractivity contribution in [2.75, 3.05) is 20.2 Å². The summed E-state index contributed by atoms with van der Waals surface area (Å²) in [6.45, 7) is 0.767. The van der Waals surface area contributed by atoms with Gasteiger partial charge in [-0.3, -0.25) is 9.59 Å². The van der Waals surface area contributed by atoms with E-state index in [2.05, 4.69) is 5.32 Å². The molecule has 2 atom stereocenters. The molecule has 0 bridgehead atoms. The zero-order valence-electron chi connectivity index (χ0n) is 17.9. The van der Waals surface area contributed by atoms with Gasteiger partial charge >= 0.3 is 0 Å². The van der Waals surface area contributed by atoms with Crippen LogP contribution >= 0.6 is 0 Å². The number of benzene rings is 3. The van der Waals surface area contributed by atoms with E-state index in [1.165, 1.54) is 0 Å². The molecule has 1 heterocycles. The van der Waals surface area contributed by atoms with Crippen LogP contribution in [0.1, 0.15) is 28.4 Å². The van der Waals surface area contributed by atoms with E-state index in [1.54, 1.807) is 24.1 Å². The number of carbonyl (C=O) groups excluding carboxylic acids is 2. The number of nitrogens with one attached hydrogen (secondary N) is 1. The van der Waals surface area contributed by atoms with Crippen LogP contribution in [0.4, 0.5) is 0 Å². The average molecular weight is 431 g/mol. The molecule has 1 aliphatic heterocycles. The Morgan fingerprint density at radius 2 is 1.56 bits per heavy atom. The van der Waals surface area contributed by atoms with Crippen molar-refractivity contribution in [3.63, 3.8) is 0 Å². The van der Waals surface area contributed by atoms with E-state index in [1.807, 2.05) is 72.8 Å². The summed E-state index contributed by atoms with van der Waals surface area (Å²) in [6.07, 6.45) is -0.114. The molecule has 1 aliphatic rings. The Morgan fingerprint density at radius 3 is 2.28 bits per heavy atom. The molecule has 0 unspecified atom stereocenters. The monoisotopic (exact) mass is 430 g/mol. The third-order valence-corrected chi connectivity index (χ3v) is 5.39. The second-order valence-corrected chi connectivity index (χ2v) is 7.78. The average Bonchev–Trinajstić information content (AvgIpc) is 2.84. The third-order valence-electron chi connectivity index (χ3n) is 5.39. The van der Waals surface area contributed by atoms with Crippen LogP contribution in [0.5, 0.6) is 11.5 Å². The van der Waals surface area contributed by atoms with Gasteiger partial charge in [0.1, 0.15) is 6.61 Å². The van der Waals surface area contributed by atoms with Crippen LogP contribution in [0, 0.1) is 0 Å². The van der Waals surface area contributed by atoms with E-state index < -0.39 is 6.04 Å². The lowest BCUT2D eigenvalue weighted by molar-refractivity contribution is -0.131. The van der Waals surface area contributed by atoms with Crippen molar-refractivity contribution in [2.45, 2.75) is 18.6 Å². The first kappa shape index (κ1) is 21.4. The fourth-order valence-electron chi connectivity index (χ4n) is 3.66. The molecule has 0 radical (unpaired) electrons. The molecule has 3 aromatic rings. The fourth-order valence-corrected chi connectivity index (χ4v) is 3.66. The van der Waals surface area contributed by atoms with E-state index in [4.69, 9.17) is 9.47 Å². The Bertz CT molecular complexity index is 1060. The number of ether oxygens (including phenoxy) is 2. The molecular formula is C26H26N2O4. The summed E-state index contributed by atoms with van der Waals surface area (Å²) in [7, 11) is 1.74. The smallest absolute Gasteiger partial charge is 0.251 e. The molecule has 0 aromatic heterocycles. The van der Waals surface area contributed by atoms with Gasteiger partial charge in [0.2, 0.25) is 5.91 Å². The molecule has 6 heteroatoms. The number of hydrogen-bond donors (Lipinski definition) is 1. The van der Waals surface area contributed by atoms with Crippen molar-refractivity contribution >= 4 is 11.8 Å². The van der Waals surface area contributed by atoms with Crippen molar-refractivity contribution in [3.05, 3.63) is 96.1 Å². The number of likely N-dealkylation sites (N-methyl/N-ethyl adjacent to an activating group) is 1. The standard InChI is InChI=1S/C26H26N2O4/c1-28(17-21-18-31-23-14-8-9-15-24(23)32-21)25(29)16-22(19-10-4-2-5-11-19)27-26(30)20-12-6-3-7-13-20/h2-15,21-22H,16-18H2,1H3,(H,27,30)/t21-,22-/m0/s1. The number of carbonyl (C=O) groups is 2. The molecule has 0 aliphatic carbocycles. The Hall–Kier alpha value is -3.80. The van der Waals surface area contributed by atoms with Crippen molar-refractivity contribution in [3.8, 4) is 11.5 Å². The summed E-state index contributed by atoms with van der Waals surface area (Å²) in [4.78, 5) is 27.4. The number of fused-ring (bicyclic) bond motifs is 1. The minimum absolute atomic E-state index is 0.0883. The van der Waals surface area contributed by atoms with Crippen LogP contribution in [0.15, 0.2) is 84.9 Å². The Balaban J connectivity index is 1.41. The van der Waals surface area contributed by atoms with Gasteiger partial charge in [0.15, 0.2) is 17.6 Å². The van der Waals surface area contributed by atoms with Crippen LogP contribution in [0.25, 0.3) is 0 Å². The van der Waals surface area contributed by atoms with Gasteiger partial charge < -0.3 is 19.7 Å². The molecule has 0 saturated carbocycles. The molecule has 164 valence electrons. The van der Waals surface area contributed by atoms with Gasteiger partial charge in [-0.1, -0.05) is 60.7 Å². The zero-order chi connectivity index (χ0) is 22.3. The van der Waals surface area contributed by atoms with Crippen molar-refractivity contribution in [1.29, 1.82) is 0 Å². The van der Waals surface area contributed by atoms with Crippen molar-refractivity contribution in [1.82, 2.24) is 10.2 Å². The summed E-state index contributed by atoms with van der Waals surface area (Å²) in [5, 5.41) is 3.01. The van der Waals surface area contributed by atoms with Crippen LogP contribution in [-0.2, 0) is 4.79 Å². The van der Waals surface area contributed by atoms with E-state index in [0.29, 0.717) is 30.2 Å². The molecular weight excluding hydrogens is 404 g/mol. The van der Waals surface area contributed by atoms with Gasteiger partial charge in [-0.15, -0.1) is 0 Å². The highest BCUT2D eigenvalue weighted by molar-refractivity contribution is 5.94. The predicted molar refractivity (Wildman–Crippen MR) is 122 cm³/mol. The van der Waals surface area contributed by atoms with Gasteiger partial charge in [-0.25, -0.2) is 0 Å². The fraction of sp³-hybridized carbons (Fsp3) is 0.231. The second-order valence-electron chi connectivity index (χ2n) is 7.78. The predicted octanol–water partition coefficient (Wildman–Crippen LogP) is 3.85. The maximum absolute atomic E-state index is 13.0. The number of para-hydroxylation sites is 2. The minimum atomic E-state index is -0.442. The molecule has 3 aromatic carbocycles. The quantitative estimate of drug-likeness (QED) is 0.618. The highest BCUT2D eigenvalue weighted by Crippen LogP contribution is 2.31. The maximum Gasteiger partial charge on any atom is 0.251 e. The normalized spacial score (nSPS) is 15.5. The Kier molecular flexibility index (Phi) is 6.70. The van der Waals surface area contributed by atoms with E-state index >= 15 is 0 Å². The first-order valence-electron chi connectivity index (χ1n) is 10.6. The first-order chi connectivity index (χ1) is 15.6. The Labute approximate surface area is 187 Å². The van der Waals surface area contributed by atoms with E-state index in [0.717, 1.165) is 5.56 Å². The van der Waals surface area contributed by atoms with Gasteiger partial charge in [0, 0.05) is 12.6 Å². The van der Waals surface area contributed by atoms with Crippen LogP contribution in [0.3, 0.4) is 0 Å². The van der Waals surface area contributed by atoms with Gasteiger partial charge in [-0.2, -0.15) is 0 Å². The topological polar surface area (TPSA) is 67.9 Å². The highest BCUT2D eigenvalue weighted by Gasteiger charge is 2.26. The Morgan fingerprint density at radius 1 is 0.938 bits per heavy atom. The molecule has 2 amide bonds. The number of hydrogen-bond acceptors (Lipinski definition) is 4. The molecule has 1 N–H and O–H groups in total. The largest absolute Gasteiger partial charge is 0.486 e. The summed E-state index contributed by atoms with van der Waals surface area (Å²) in [5.41, 5.74) is 1.44. The highest BCUT2D eigenvalue weighted by atomic mass is 16.6. The lowest BCUT2D eigenvalue weighted by Crippen LogP contribution is -2.43. The van der Waals surface area contributed by atoms with Crippen LogP contribution in [-0.4, -0.2) is 43.0 Å². The van der Waals surface area contributed by atoms with Crippen LogP contribution in [0.2, 0.25) is 0 Å². The van der Waals surface area contributed by atoms with Crippen LogP contribution < -0.4 is 14.8 Å². The molecule has 0 saturated heterocycles. The molecule has 32 heavy (non-hydrogen) atoms. The third kappa shape index (κ3) is 5.27. The number of nitrogens with zero attached hydrogens (tertiary/aromatic N) is 1. The summed E-state index contributed by atoms with van der Waals surface area (Å²) in [5.74, 6) is 1.09. The molecule has 0 spiro atoms. The molecule has 0 fully saturated rings. The number of amides is 2. The van der Waals surface area contributed by atoms with E-state index in [9.17, 15) is 9.59 Å².